The maximum Gasteiger partial charge on any atom is 0.157 e. The molecule has 2 nitrogen and oxygen atoms in total. The number of hydrogen-bond donors (Lipinski definition) is 0. The minimum Gasteiger partial charge on any atom is -0.486 e. The van der Waals surface area contributed by atoms with E-state index in [1.807, 2.05) is 32.0 Å². The van der Waals surface area contributed by atoms with E-state index < -0.39 is 0 Å². The molecule has 3 rings (SSSR count). The largest absolute Gasteiger partial charge is 0.486 e. The first-order chi connectivity index (χ1) is 12.9. The highest BCUT2D eigenvalue weighted by Gasteiger charge is 2.10. The first-order valence-electron chi connectivity index (χ1n) is 8.40. The second-order valence-corrected chi connectivity index (χ2v) is 7.09. The lowest BCUT2D eigenvalue weighted by Crippen LogP contribution is -1.98. The minimum absolute atomic E-state index is 0.174. The molecular weight excluding hydrogens is 384 g/mol. The van der Waals surface area contributed by atoms with E-state index in [4.69, 9.17) is 27.9 Å². The summed E-state index contributed by atoms with van der Waals surface area (Å²) in [6.07, 6.45) is 1.72. The zero-order valence-electron chi connectivity index (χ0n) is 15.0. The summed E-state index contributed by atoms with van der Waals surface area (Å²) in [6.45, 7) is 4.21. The van der Waals surface area contributed by atoms with Gasteiger partial charge in [-0.25, -0.2) is 4.39 Å². The first-order valence-corrected chi connectivity index (χ1v) is 9.15. The Balaban J connectivity index is 1.78. The lowest BCUT2D eigenvalue weighted by molar-refractivity contribution is 0.306. The fourth-order valence-corrected chi connectivity index (χ4v) is 3.19. The van der Waals surface area contributed by atoms with Crippen LogP contribution >= 0.6 is 23.2 Å². The van der Waals surface area contributed by atoms with Gasteiger partial charge in [-0.1, -0.05) is 47.5 Å². The molecule has 5 heteroatoms. The van der Waals surface area contributed by atoms with E-state index in [-0.39, 0.29) is 12.4 Å². The Labute approximate surface area is 168 Å². The van der Waals surface area contributed by atoms with Gasteiger partial charge < -0.3 is 4.74 Å². The molecule has 0 aliphatic rings. The van der Waals surface area contributed by atoms with E-state index in [1.54, 1.807) is 30.5 Å². The third-order valence-electron chi connectivity index (χ3n) is 4.01. The molecule has 0 aliphatic heterocycles. The van der Waals surface area contributed by atoms with Gasteiger partial charge in [0.1, 0.15) is 12.4 Å². The SMILES string of the molecule is Cc1ccc(C)c(N=Cc2cc(Cl)c(OCc3cccc(F)c3)c(Cl)c2)c1. The lowest BCUT2D eigenvalue weighted by Gasteiger charge is -2.11. The van der Waals surface area contributed by atoms with Gasteiger partial charge >= 0.3 is 0 Å². The van der Waals surface area contributed by atoms with Gasteiger partial charge in [0.15, 0.2) is 5.75 Å². The standard InChI is InChI=1S/C22H18Cl2FNO/c1-14-6-7-15(2)21(8-14)26-12-17-10-19(23)22(20(24)11-17)27-13-16-4-3-5-18(25)9-16/h3-12H,13H2,1-2H3. The molecule has 0 aliphatic carbocycles. The number of hydrogen-bond acceptors (Lipinski definition) is 2. The van der Waals surface area contributed by atoms with Gasteiger partial charge in [0.25, 0.3) is 0 Å². The average Bonchev–Trinajstić information content (AvgIpc) is 2.62. The van der Waals surface area contributed by atoms with Gasteiger partial charge in [-0.15, -0.1) is 0 Å². The lowest BCUT2D eigenvalue weighted by atomic mass is 10.1. The maximum absolute atomic E-state index is 13.3. The first kappa shape index (κ1) is 19.4. The van der Waals surface area contributed by atoms with Crippen molar-refractivity contribution in [2.24, 2.45) is 4.99 Å². The smallest absolute Gasteiger partial charge is 0.157 e. The molecule has 0 heterocycles. The number of aryl methyl sites for hydroxylation is 2. The van der Waals surface area contributed by atoms with Gasteiger partial charge in [0.2, 0.25) is 0 Å². The fraction of sp³-hybridized carbons (Fsp3) is 0.136. The van der Waals surface area contributed by atoms with Gasteiger partial charge in [0, 0.05) is 6.21 Å². The van der Waals surface area contributed by atoms with E-state index in [1.165, 1.54) is 12.1 Å². The molecule has 0 atom stereocenters. The number of aliphatic imine (C=N–C) groups is 1. The van der Waals surface area contributed by atoms with Crippen molar-refractivity contribution in [3.63, 3.8) is 0 Å². The van der Waals surface area contributed by atoms with Crippen molar-refractivity contribution in [1.82, 2.24) is 0 Å². The molecule has 0 bridgehead atoms. The van der Waals surface area contributed by atoms with Crippen molar-refractivity contribution in [2.75, 3.05) is 0 Å². The summed E-state index contributed by atoms with van der Waals surface area (Å²) in [4.78, 5) is 4.53. The Hall–Kier alpha value is -2.36. The van der Waals surface area contributed by atoms with Crippen molar-refractivity contribution >= 4 is 35.1 Å². The average molecular weight is 402 g/mol. The summed E-state index contributed by atoms with van der Waals surface area (Å²) in [5.41, 5.74) is 4.59. The van der Waals surface area contributed by atoms with Crippen LogP contribution in [-0.2, 0) is 6.61 Å². The summed E-state index contributed by atoms with van der Waals surface area (Å²) in [5.74, 6) is 0.0535. The molecule has 0 unspecified atom stereocenters. The second kappa shape index (κ2) is 8.55. The molecule has 0 amide bonds. The normalized spacial score (nSPS) is 11.1. The van der Waals surface area contributed by atoms with E-state index in [9.17, 15) is 4.39 Å². The number of ether oxygens (including phenoxy) is 1. The van der Waals surface area contributed by atoms with E-state index >= 15 is 0 Å². The highest BCUT2D eigenvalue weighted by molar-refractivity contribution is 6.37. The zero-order valence-corrected chi connectivity index (χ0v) is 16.5. The quantitative estimate of drug-likeness (QED) is 0.418. The van der Waals surface area contributed by atoms with Crippen LogP contribution in [0.4, 0.5) is 10.1 Å². The number of rotatable bonds is 5. The van der Waals surface area contributed by atoms with Crippen molar-refractivity contribution in [2.45, 2.75) is 20.5 Å². The minimum atomic E-state index is -0.314. The number of halogens is 3. The molecule has 27 heavy (non-hydrogen) atoms. The maximum atomic E-state index is 13.3. The molecule has 3 aromatic carbocycles. The van der Waals surface area contributed by atoms with Gasteiger partial charge in [-0.3, -0.25) is 4.99 Å². The summed E-state index contributed by atoms with van der Waals surface area (Å²) in [5, 5.41) is 0.752. The Morgan fingerprint density at radius 1 is 1.00 bits per heavy atom. The number of benzene rings is 3. The van der Waals surface area contributed by atoms with Crippen LogP contribution in [0.3, 0.4) is 0 Å². The molecule has 3 aromatic rings. The molecule has 0 spiro atoms. The van der Waals surface area contributed by atoms with E-state index in [2.05, 4.69) is 4.99 Å². The van der Waals surface area contributed by atoms with Crippen LogP contribution in [0, 0.1) is 19.7 Å². The van der Waals surface area contributed by atoms with Crippen LogP contribution in [0.5, 0.6) is 5.75 Å². The van der Waals surface area contributed by atoms with Crippen LogP contribution in [0.15, 0.2) is 59.6 Å². The molecular formula is C22H18Cl2FNO. The Bertz CT molecular complexity index is 978. The molecule has 0 saturated heterocycles. The van der Waals surface area contributed by atoms with Crippen LogP contribution in [0.25, 0.3) is 0 Å². The highest BCUT2D eigenvalue weighted by Crippen LogP contribution is 2.34. The van der Waals surface area contributed by atoms with Crippen LogP contribution in [0.1, 0.15) is 22.3 Å². The second-order valence-electron chi connectivity index (χ2n) is 6.28. The third-order valence-corrected chi connectivity index (χ3v) is 4.57. The topological polar surface area (TPSA) is 21.6 Å². The van der Waals surface area contributed by atoms with Gasteiger partial charge in [0.05, 0.1) is 15.7 Å². The molecule has 0 radical (unpaired) electrons. The third kappa shape index (κ3) is 5.09. The fourth-order valence-electron chi connectivity index (χ4n) is 2.58. The van der Waals surface area contributed by atoms with Crippen molar-refractivity contribution in [3.8, 4) is 5.75 Å². The van der Waals surface area contributed by atoms with Crippen LogP contribution < -0.4 is 4.74 Å². The van der Waals surface area contributed by atoms with E-state index in [0.29, 0.717) is 21.4 Å². The van der Waals surface area contributed by atoms with Gasteiger partial charge in [-0.2, -0.15) is 0 Å². The predicted molar refractivity (Wildman–Crippen MR) is 110 cm³/mol. The van der Waals surface area contributed by atoms with Crippen LogP contribution in [-0.4, -0.2) is 6.21 Å². The number of nitrogens with zero attached hydrogens (tertiary/aromatic N) is 1. The van der Waals surface area contributed by atoms with Crippen molar-refractivity contribution < 1.29 is 9.13 Å². The summed E-state index contributed by atoms with van der Waals surface area (Å²) in [6, 6.07) is 15.8. The summed E-state index contributed by atoms with van der Waals surface area (Å²) < 4.78 is 18.9. The monoisotopic (exact) mass is 401 g/mol. The molecule has 138 valence electrons. The van der Waals surface area contributed by atoms with Crippen molar-refractivity contribution in [1.29, 1.82) is 0 Å². The molecule has 0 saturated carbocycles. The van der Waals surface area contributed by atoms with E-state index in [0.717, 1.165) is 22.4 Å². The van der Waals surface area contributed by atoms with Gasteiger partial charge in [-0.05, 0) is 66.4 Å². The summed E-state index contributed by atoms with van der Waals surface area (Å²) >= 11 is 12.7. The molecule has 0 fully saturated rings. The Kier molecular flexibility index (Phi) is 6.15. The summed E-state index contributed by atoms with van der Waals surface area (Å²) in [7, 11) is 0. The molecule has 0 aromatic heterocycles. The Morgan fingerprint density at radius 3 is 2.44 bits per heavy atom. The highest BCUT2D eigenvalue weighted by atomic mass is 35.5. The molecule has 0 N–H and O–H groups in total. The zero-order chi connectivity index (χ0) is 19.4. The van der Waals surface area contributed by atoms with Crippen LogP contribution in [0.2, 0.25) is 10.0 Å². The Morgan fingerprint density at radius 2 is 1.74 bits per heavy atom. The van der Waals surface area contributed by atoms with Crippen molar-refractivity contribution in [3.05, 3.63) is 92.7 Å². The predicted octanol–water partition coefficient (Wildman–Crippen LogP) is 7.08.